The molecular formula is C19H34N4S. The molecule has 0 saturated heterocycles. The monoisotopic (exact) mass is 350 g/mol. The third-order valence-electron chi connectivity index (χ3n) is 3.92. The number of nitrogens with one attached hydrogen (secondary N) is 2. The normalized spacial score (nSPS) is 13.2. The van der Waals surface area contributed by atoms with Crippen LogP contribution >= 0.6 is 11.8 Å². The summed E-state index contributed by atoms with van der Waals surface area (Å²) in [5, 5.41) is 6.79. The number of unbranched alkanes of at least 4 members (excludes halogenated alkanes) is 1. The molecule has 1 rings (SSSR count). The smallest absolute Gasteiger partial charge is 0.191 e. The number of nitrogens with zero attached hydrogens (tertiary/aromatic N) is 2. The summed E-state index contributed by atoms with van der Waals surface area (Å²) in [6, 6.07) is 9.05. The van der Waals surface area contributed by atoms with E-state index in [-0.39, 0.29) is 6.04 Å². The number of guanidine groups is 1. The summed E-state index contributed by atoms with van der Waals surface area (Å²) in [5.74, 6) is 2.14. The Bertz CT molecular complexity index is 471. The zero-order valence-electron chi connectivity index (χ0n) is 15.9. The highest BCUT2D eigenvalue weighted by Gasteiger charge is 2.13. The largest absolute Gasteiger partial charge is 0.357 e. The van der Waals surface area contributed by atoms with E-state index in [2.05, 4.69) is 74.0 Å². The highest BCUT2D eigenvalue weighted by Crippen LogP contribution is 2.19. The molecule has 0 aromatic heterocycles. The summed E-state index contributed by atoms with van der Waals surface area (Å²) < 4.78 is 0. The fourth-order valence-corrected chi connectivity index (χ4v) is 2.95. The molecule has 5 heteroatoms. The predicted molar refractivity (Wildman–Crippen MR) is 109 cm³/mol. The van der Waals surface area contributed by atoms with Crippen LogP contribution in [0.2, 0.25) is 0 Å². The zero-order chi connectivity index (χ0) is 17.8. The molecule has 0 radical (unpaired) electrons. The van der Waals surface area contributed by atoms with Crippen LogP contribution in [-0.4, -0.2) is 56.6 Å². The van der Waals surface area contributed by atoms with Gasteiger partial charge >= 0.3 is 0 Å². The molecular weight excluding hydrogens is 316 g/mol. The van der Waals surface area contributed by atoms with Gasteiger partial charge in [-0.25, -0.2) is 0 Å². The first-order valence-electron chi connectivity index (χ1n) is 8.82. The number of aryl methyl sites for hydroxylation is 1. The first-order valence-corrected chi connectivity index (χ1v) is 10.2. The van der Waals surface area contributed by atoms with Gasteiger partial charge in [-0.3, -0.25) is 4.99 Å². The number of thioether (sulfide) groups is 1. The highest BCUT2D eigenvalue weighted by atomic mass is 32.2. The van der Waals surface area contributed by atoms with E-state index >= 15 is 0 Å². The van der Waals surface area contributed by atoms with Crippen LogP contribution in [0.5, 0.6) is 0 Å². The summed E-state index contributed by atoms with van der Waals surface area (Å²) in [4.78, 5) is 7.03. The molecule has 0 heterocycles. The molecule has 1 aromatic rings. The minimum atomic E-state index is 0.289. The van der Waals surface area contributed by atoms with Crippen LogP contribution < -0.4 is 10.6 Å². The highest BCUT2D eigenvalue weighted by molar-refractivity contribution is 7.98. The molecule has 24 heavy (non-hydrogen) atoms. The molecule has 2 N–H and O–H groups in total. The van der Waals surface area contributed by atoms with Gasteiger partial charge in [0, 0.05) is 13.1 Å². The maximum absolute atomic E-state index is 4.80. The number of rotatable bonds is 10. The fourth-order valence-electron chi connectivity index (χ4n) is 2.45. The lowest BCUT2D eigenvalue weighted by Crippen LogP contribution is -2.38. The van der Waals surface area contributed by atoms with Crippen molar-refractivity contribution in [2.75, 3.05) is 45.7 Å². The second-order valence-electron chi connectivity index (χ2n) is 6.24. The number of aliphatic imine (C=N–C) groups is 1. The van der Waals surface area contributed by atoms with E-state index in [1.54, 1.807) is 0 Å². The summed E-state index contributed by atoms with van der Waals surface area (Å²) in [6.07, 6.45) is 4.59. The third kappa shape index (κ3) is 8.06. The average Bonchev–Trinajstić information content (AvgIpc) is 2.56. The van der Waals surface area contributed by atoms with Gasteiger partial charge in [0.25, 0.3) is 0 Å². The van der Waals surface area contributed by atoms with Crippen LogP contribution in [0.1, 0.15) is 36.9 Å². The molecule has 0 aliphatic rings. The van der Waals surface area contributed by atoms with Gasteiger partial charge in [0.1, 0.15) is 0 Å². The minimum Gasteiger partial charge on any atom is -0.357 e. The van der Waals surface area contributed by atoms with Gasteiger partial charge in [-0.1, -0.05) is 29.8 Å². The van der Waals surface area contributed by atoms with Gasteiger partial charge < -0.3 is 15.5 Å². The van der Waals surface area contributed by atoms with Crippen molar-refractivity contribution < 1.29 is 0 Å². The van der Waals surface area contributed by atoms with E-state index in [9.17, 15) is 0 Å². The molecule has 0 amide bonds. The molecule has 0 aliphatic heterocycles. The molecule has 0 spiro atoms. The van der Waals surface area contributed by atoms with E-state index < -0.39 is 0 Å². The Morgan fingerprint density at radius 3 is 2.46 bits per heavy atom. The Morgan fingerprint density at radius 2 is 1.88 bits per heavy atom. The molecule has 0 aliphatic carbocycles. The molecule has 0 bridgehead atoms. The Hall–Kier alpha value is -1.20. The third-order valence-corrected chi connectivity index (χ3v) is 4.62. The van der Waals surface area contributed by atoms with Crippen molar-refractivity contribution in [1.82, 2.24) is 15.5 Å². The summed E-state index contributed by atoms with van der Waals surface area (Å²) >= 11 is 1.91. The van der Waals surface area contributed by atoms with Crippen molar-refractivity contribution in [3.63, 3.8) is 0 Å². The Kier molecular flexibility index (Phi) is 10.6. The first kappa shape index (κ1) is 20.8. The molecule has 1 unspecified atom stereocenters. The molecule has 4 nitrogen and oxygen atoms in total. The van der Waals surface area contributed by atoms with Crippen LogP contribution in [0.3, 0.4) is 0 Å². The number of hydrogen-bond acceptors (Lipinski definition) is 3. The standard InChI is InChI=1S/C19H34N4S/c1-6-20-19(21-13-7-8-14-24-5)22-15-18(23(3)4)17-11-9-16(2)10-12-17/h9-12,18H,6-8,13-15H2,1-5H3,(H2,20,21,22). The van der Waals surface area contributed by atoms with E-state index in [4.69, 9.17) is 4.99 Å². The average molecular weight is 351 g/mol. The second kappa shape index (κ2) is 12.2. The lowest BCUT2D eigenvalue weighted by atomic mass is 10.0. The number of benzene rings is 1. The topological polar surface area (TPSA) is 39.7 Å². The van der Waals surface area contributed by atoms with E-state index in [0.29, 0.717) is 0 Å². The predicted octanol–water partition coefficient (Wildman–Crippen LogP) is 3.30. The minimum absolute atomic E-state index is 0.289. The van der Waals surface area contributed by atoms with Gasteiger partial charge in [0.05, 0.1) is 12.6 Å². The van der Waals surface area contributed by atoms with Crippen LogP contribution in [0, 0.1) is 6.92 Å². The SMILES string of the molecule is CCNC(=NCC(c1ccc(C)cc1)N(C)C)NCCCCSC. The van der Waals surface area contributed by atoms with Gasteiger partial charge in [-0.05, 0) is 58.4 Å². The number of hydrogen-bond donors (Lipinski definition) is 2. The van der Waals surface area contributed by atoms with Gasteiger partial charge in [0.2, 0.25) is 0 Å². The fraction of sp³-hybridized carbons (Fsp3) is 0.632. The van der Waals surface area contributed by atoms with Crippen molar-refractivity contribution in [2.24, 2.45) is 4.99 Å². The van der Waals surface area contributed by atoms with E-state index in [1.807, 2.05) is 11.8 Å². The maximum Gasteiger partial charge on any atom is 0.191 e. The molecule has 0 fully saturated rings. The van der Waals surface area contributed by atoms with Crippen molar-refractivity contribution in [2.45, 2.75) is 32.7 Å². The maximum atomic E-state index is 4.80. The van der Waals surface area contributed by atoms with Crippen LogP contribution in [0.25, 0.3) is 0 Å². The molecule has 0 saturated carbocycles. The van der Waals surface area contributed by atoms with Gasteiger partial charge in [-0.2, -0.15) is 11.8 Å². The van der Waals surface area contributed by atoms with Crippen LogP contribution in [-0.2, 0) is 0 Å². The van der Waals surface area contributed by atoms with Crippen molar-refractivity contribution >= 4 is 17.7 Å². The van der Waals surface area contributed by atoms with Crippen molar-refractivity contribution in [3.8, 4) is 0 Å². The Morgan fingerprint density at radius 1 is 1.17 bits per heavy atom. The van der Waals surface area contributed by atoms with E-state index in [0.717, 1.165) is 25.6 Å². The first-order chi connectivity index (χ1) is 11.6. The van der Waals surface area contributed by atoms with Crippen molar-refractivity contribution in [3.05, 3.63) is 35.4 Å². The number of likely N-dealkylation sites (N-methyl/N-ethyl adjacent to an activating group) is 1. The Labute approximate surface area is 152 Å². The second-order valence-corrected chi connectivity index (χ2v) is 7.22. The summed E-state index contributed by atoms with van der Waals surface area (Å²) in [5.41, 5.74) is 2.60. The molecule has 136 valence electrons. The lowest BCUT2D eigenvalue weighted by Gasteiger charge is -2.24. The quantitative estimate of drug-likeness (QED) is 0.386. The van der Waals surface area contributed by atoms with Crippen molar-refractivity contribution in [1.29, 1.82) is 0 Å². The summed E-state index contributed by atoms with van der Waals surface area (Å²) in [7, 11) is 4.23. The van der Waals surface area contributed by atoms with Gasteiger partial charge in [-0.15, -0.1) is 0 Å². The van der Waals surface area contributed by atoms with Crippen LogP contribution in [0.15, 0.2) is 29.3 Å². The Balaban J connectivity index is 2.64. The van der Waals surface area contributed by atoms with Gasteiger partial charge in [0.15, 0.2) is 5.96 Å². The zero-order valence-corrected chi connectivity index (χ0v) is 16.7. The van der Waals surface area contributed by atoms with E-state index in [1.165, 1.54) is 29.7 Å². The molecule has 1 aromatic carbocycles. The lowest BCUT2D eigenvalue weighted by molar-refractivity contribution is 0.306. The summed E-state index contributed by atoms with van der Waals surface area (Å²) in [6.45, 7) is 6.83. The van der Waals surface area contributed by atoms with Crippen LogP contribution in [0.4, 0.5) is 0 Å². The molecule has 1 atom stereocenters.